The van der Waals surface area contributed by atoms with Gasteiger partial charge in [0.1, 0.15) is 11.2 Å². The lowest BCUT2D eigenvalue weighted by Crippen LogP contribution is -2.14. The van der Waals surface area contributed by atoms with E-state index in [9.17, 15) is 0 Å². The molecule has 1 aromatic heterocycles. The molecule has 0 saturated carbocycles. The number of furan rings is 1. The number of hydrogen-bond donors (Lipinski definition) is 0. The molecule has 0 spiro atoms. The van der Waals surface area contributed by atoms with Gasteiger partial charge in [-0.2, -0.15) is 0 Å². The van der Waals surface area contributed by atoms with Crippen molar-refractivity contribution in [1.82, 2.24) is 0 Å². The van der Waals surface area contributed by atoms with E-state index < -0.39 is 0 Å². The van der Waals surface area contributed by atoms with Crippen LogP contribution < -0.4 is 0 Å². The zero-order valence-electron chi connectivity index (χ0n) is 26.5. The van der Waals surface area contributed by atoms with Crippen LogP contribution in [0, 0.1) is 13.8 Å². The Morgan fingerprint density at radius 1 is 0.457 bits per heavy atom. The smallest absolute Gasteiger partial charge is 0.143 e. The predicted molar refractivity (Wildman–Crippen MR) is 196 cm³/mol. The number of hydrogen-bond acceptors (Lipinski definition) is 1. The van der Waals surface area contributed by atoms with E-state index in [1.807, 2.05) is 0 Å². The molecule has 10 rings (SSSR count). The highest BCUT2D eigenvalue weighted by Gasteiger charge is 2.35. The summed E-state index contributed by atoms with van der Waals surface area (Å²) >= 11 is 0. The minimum absolute atomic E-state index is 0.0337. The second-order valence-corrected chi connectivity index (χ2v) is 13.8. The topological polar surface area (TPSA) is 13.1 Å². The monoisotopic (exact) mass is 588 g/mol. The third kappa shape index (κ3) is 3.35. The van der Waals surface area contributed by atoms with Crippen LogP contribution in [-0.2, 0) is 5.41 Å². The molecule has 1 nitrogen and oxygen atoms in total. The summed E-state index contributed by atoms with van der Waals surface area (Å²) in [6, 6.07) is 45.3. The van der Waals surface area contributed by atoms with Crippen molar-refractivity contribution in [2.75, 3.05) is 0 Å². The molecule has 0 unspecified atom stereocenters. The summed E-state index contributed by atoms with van der Waals surface area (Å²) in [5.41, 5.74) is 12.5. The highest BCUT2D eigenvalue weighted by atomic mass is 16.3. The summed E-state index contributed by atoms with van der Waals surface area (Å²) in [7, 11) is 0. The van der Waals surface area contributed by atoms with E-state index in [2.05, 4.69) is 149 Å². The van der Waals surface area contributed by atoms with Gasteiger partial charge in [-0.3, -0.25) is 0 Å². The van der Waals surface area contributed by atoms with Crippen LogP contribution in [-0.4, -0.2) is 0 Å². The fraction of sp³-hybridized carbons (Fsp3) is 0.111. The lowest BCUT2D eigenvalue weighted by Gasteiger charge is -2.22. The van der Waals surface area contributed by atoms with Gasteiger partial charge in [-0.25, -0.2) is 0 Å². The van der Waals surface area contributed by atoms with Gasteiger partial charge < -0.3 is 4.42 Å². The summed E-state index contributed by atoms with van der Waals surface area (Å²) < 4.78 is 6.80. The molecule has 1 aliphatic rings. The molecule has 1 heterocycles. The van der Waals surface area contributed by atoms with Crippen molar-refractivity contribution in [1.29, 1.82) is 0 Å². The van der Waals surface area contributed by atoms with Crippen LogP contribution in [0.15, 0.2) is 126 Å². The largest absolute Gasteiger partial charge is 0.455 e. The van der Waals surface area contributed by atoms with E-state index in [1.54, 1.807) is 0 Å². The van der Waals surface area contributed by atoms with Crippen LogP contribution in [0.25, 0.3) is 87.3 Å². The Balaban J connectivity index is 1.28. The van der Waals surface area contributed by atoms with Crippen LogP contribution in [0.3, 0.4) is 0 Å². The molecule has 46 heavy (non-hydrogen) atoms. The van der Waals surface area contributed by atoms with E-state index in [-0.39, 0.29) is 5.41 Å². The first-order valence-electron chi connectivity index (χ1n) is 16.3. The van der Waals surface area contributed by atoms with Crippen LogP contribution >= 0.6 is 0 Å². The Hall–Kier alpha value is -5.40. The van der Waals surface area contributed by atoms with Gasteiger partial charge in [-0.15, -0.1) is 0 Å². The van der Waals surface area contributed by atoms with Crippen molar-refractivity contribution >= 4 is 65.0 Å². The molecular weight excluding hydrogens is 556 g/mol. The summed E-state index contributed by atoms with van der Waals surface area (Å²) in [5, 5.41) is 12.3. The van der Waals surface area contributed by atoms with E-state index in [0.717, 1.165) is 11.2 Å². The molecule has 1 aliphatic carbocycles. The van der Waals surface area contributed by atoms with Crippen molar-refractivity contribution in [2.24, 2.45) is 0 Å². The van der Waals surface area contributed by atoms with E-state index >= 15 is 0 Å². The molecule has 0 aliphatic heterocycles. The molecule has 0 radical (unpaired) electrons. The fourth-order valence-electron chi connectivity index (χ4n) is 8.33. The standard InChI is InChI=1S/C45H32O/c1-25-19-36-34-17-18-35-39-22-27-9-5-6-10-28(27)24-42(39)46-44(35)43(34)33-16-14-29(21-38(33)37(36)20-26(25)2)30-13-15-32-31-11-7-8-12-40(31)45(3,4)41(32)23-30/h5-24H,1-4H3. The van der Waals surface area contributed by atoms with Crippen molar-refractivity contribution in [3.8, 4) is 22.3 Å². The highest BCUT2D eigenvalue weighted by molar-refractivity contribution is 6.33. The highest BCUT2D eigenvalue weighted by Crippen LogP contribution is 2.50. The number of fused-ring (bicyclic) bond motifs is 14. The predicted octanol–water partition coefficient (Wildman–Crippen LogP) is 12.8. The van der Waals surface area contributed by atoms with Gasteiger partial charge in [0.05, 0.1) is 0 Å². The van der Waals surface area contributed by atoms with Gasteiger partial charge in [-0.1, -0.05) is 105 Å². The summed E-state index contributed by atoms with van der Waals surface area (Å²) in [4.78, 5) is 0. The minimum Gasteiger partial charge on any atom is -0.455 e. The van der Waals surface area contributed by atoms with Gasteiger partial charge in [0, 0.05) is 21.6 Å². The van der Waals surface area contributed by atoms with Crippen molar-refractivity contribution < 1.29 is 4.42 Å². The fourth-order valence-corrected chi connectivity index (χ4v) is 8.33. The maximum Gasteiger partial charge on any atom is 0.143 e. The molecule has 1 heteroatoms. The van der Waals surface area contributed by atoms with E-state index in [1.165, 1.54) is 98.4 Å². The molecular formula is C45H32O. The van der Waals surface area contributed by atoms with Gasteiger partial charge >= 0.3 is 0 Å². The molecule has 8 aromatic carbocycles. The van der Waals surface area contributed by atoms with Gasteiger partial charge in [0.25, 0.3) is 0 Å². The maximum atomic E-state index is 6.80. The van der Waals surface area contributed by atoms with Gasteiger partial charge in [-0.05, 0) is 126 Å². The van der Waals surface area contributed by atoms with Crippen LogP contribution in [0.5, 0.6) is 0 Å². The molecule has 0 fully saturated rings. The molecule has 0 bridgehead atoms. The Kier molecular flexibility index (Phi) is 4.99. The van der Waals surface area contributed by atoms with Gasteiger partial charge in [0.15, 0.2) is 0 Å². The third-order valence-electron chi connectivity index (χ3n) is 10.9. The second-order valence-electron chi connectivity index (χ2n) is 13.8. The molecule has 0 amide bonds. The lowest BCUT2D eigenvalue weighted by atomic mass is 9.81. The number of benzene rings is 8. The SMILES string of the molecule is Cc1cc2c3cc(-c4ccc5c(c4)C(C)(C)c4ccccc4-5)ccc3c3c(ccc4c5cc6ccccc6cc5oc43)c2cc1C. The second kappa shape index (κ2) is 8.86. The summed E-state index contributed by atoms with van der Waals surface area (Å²) in [6.07, 6.45) is 0. The average Bonchev–Trinajstić information content (AvgIpc) is 3.55. The molecule has 0 atom stereocenters. The first-order valence-corrected chi connectivity index (χ1v) is 16.3. The van der Waals surface area contributed by atoms with Crippen LogP contribution in [0.4, 0.5) is 0 Å². The maximum absolute atomic E-state index is 6.80. The lowest BCUT2D eigenvalue weighted by molar-refractivity contribution is 0.660. The number of rotatable bonds is 1. The van der Waals surface area contributed by atoms with Crippen molar-refractivity contribution in [3.05, 3.63) is 144 Å². The Morgan fingerprint density at radius 3 is 1.85 bits per heavy atom. The first kappa shape index (κ1) is 25.9. The van der Waals surface area contributed by atoms with E-state index in [0.29, 0.717) is 0 Å². The summed E-state index contributed by atoms with van der Waals surface area (Å²) in [5.74, 6) is 0. The number of aryl methyl sites for hydroxylation is 2. The van der Waals surface area contributed by atoms with Crippen LogP contribution in [0.1, 0.15) is 36.1 Å². The van der Waals surface area contributed by atoms with E-state index in [4.69, 9.17) is 4.42 Å². The Labute approximate surface area is 267 Å². The van der Waals surface area contributed by atoms with Crippen molar-refractivity contribution in [3.63, 3.8) is 0 Å². The third-order valence-corrected chi connectivity index (χ3v) is 10.9. The quantitative estimate of drug-likeness (QED) is 0.174. The first-order chi connectivity index (χ1) is 22.4. The average molecular weight is 589 g/mol. The summed E-state index contributed by atoms with van der Waals surface area (Å²) in [6.45, 7) is 9.15. The molecule has 0 N–H and O–H groups in total. The minimum atomic E-state index is -0.0337. The Bertz CT molecular complexity index is 2790. The Morgan fingerprint density at radius 2 is 1.04 bits per heavy atom. The normalized spacial score (nSPS) is 13.8. The van der Waals surface area contributed by atoms with Gasteiger partial charge in [0.2, 0.25) is 0 Å². The zero-order chi connectivity index (χ0) is 30.9. The zero-order valence-corrected chi connectivity index (χ0v) is 26.5. The van der Waals surface area contributed by atoms with Crippen molar-refractivity contribution in [2.45, 2.75) is 33.1 Å². The van der Waals surface area contributed by atoms with Crippen LogP contribution in [0.2, 0.25) is 0 Å². The molecule has 0 saturated heterocycles. The molecule has 218 valence electrons. The molecule has 9 aromatic rings.